The Morgan fingerprint density at radius 2 is 1.22 bits per heavy atom. The number of hydrogen-bond donors (Lipinski definition) is 1. The van der Waals surface area contributed by atoms with Gasteiger partial charge in [-0.1, -0.05) is 54.1 Å². The zero-order valence-corrected chi connectivity index (χ0v) is 9.95. The summed E-state index contributed by atoms with van der Waals surface area (Å²) in [7, 11) is 0. The summed E-state index contributed by atoms with van der Waals surface area (Å²) >= 11 is 0. The van der Waals surface area contributed by atoms with Crippen molar-refractivity contribution in [2.75, 3.05) is 0 Å². The Balaban J connectivity index is 0.000000289. The molecule has 0 atom stereocenters. The van der Waals surface area contributed by atoms with Crippen LogP contribution in [-0.4, -0.2) is 11.1 Å². The molecule has 0 heterocycles. The quantitative estimate of drug-likeness (QED) is 0.836. The molecule has 0 bridgehead atoms. The summed E-state index contributed by atoms with van der Waals surface area (Å²) in [6.45, 7) is 2.08. The maximum atomic E-state index is 10.2. The van der Waals surface area contributed by atoms with E-state index < -0.39 is 5.97 Å². The van der Waals surface area contributed by atoms with E-state index in [0.29, 0.717) is 5.56 Å². The number of benzene rings is 2. The van der Waals surface area contributed by atoms with Gasteiger partial charge in [0.15, 0.2) is 0 Å². The average molecular weight is 246 g/mol. The summed E-state index contributed by atoms with van der Waals surface area (Å²) in [6, 6.07) is 18.6. The molecule has 2 aromatic rings. The van der Waals surface area contributed by atoms with Crippen molar-refractivity contribution >= 4 is 5.97 Å². The number of carboxylic acid groups (broad SMARTS) is 1. The van der Waals surface area contributed by atoms with E-state index in [9.17, 15) is 4.79 Å². The number of aromatic carboxylic acids is 1. The van der Waals surface area contributed by atoms with Crippen molar-refractivity contribution in [2.24, 2.45) is 0 Å². The van der Waals surface area contributed by atoms with Crippen LogP contribution in [-0.2, 0) is 0 Å². The number of hydrogen-bond acceptors (Lipinski definition) is 3. The van der Waals surface area contributed by atoms with Gasteiger partial charge in [-0.2, -0.15) is 0 Å². The van der Waals surface area contributed by atoms with Crippen LogP contribution in [0.2, 0.25) is 0 Å². The van der Waals surface area contributed by atoms with Gasteiger partial charge in [-0.15, -0.1) is 0 Å². The van der Waals surface area contributed by atoms with Gasteiger partial charge in [-0.25, -0.2) is 4.79 Å². The van der Waals surface area contributed by atoms with Gasteiger partial charge >= 0.3 is 5.97 Å². The highest BCUT2D eigenvalue weighted by Gasteiger charge is 1.96. The molecular formula is C14H14O4. The smallest absolute Gasteiger partial charge is 0.335 e. The summed E-state index contributed by atoms with van der Waals surface area (Å²) in [5, 5.41) is 8.38. The predicted molar refractivity (Wildman–Crippen MR) is 71.3 cm³/mol. The van der Waals surface area contributed by atoms with E-state index in [0.717, 1.165) is 0 Å². The van der Waals surface area contributed by atoms with Gasteiger partial charge in [0.1, 0.15) is 0 Å². The van der Waals surface area contributed by atoms with Gasteiger partial charge in [-0.3, -0.25) is 0 Å². The van der Waals surface area contributed by atoms with Crippen LogP contribution < -0.4 is 0 Å². The van der Waals surface area contributed by atoms with Crippen molar-refractivity contribution in [3.8, 4) is 0 Å². The van der Waals surface area contributed by atoms with Crippen molar-refractivity contribution in [3.05, 3.63) is 81.7 Å². The lowest BCUT2D eigenvalue weighted by Gasteiger charge is -1.88. The first-order chi connectivity index (χ1) is 8.70. The van der Waals surface area contributed by atoms with Gasteiger partial charge < -0.3 is 5.11 Å². The molecule has 4 heteroatoms. The van der Waals surface area contributed by atoms with Crippen molar-refractivity contribution in [1.29, 1.82) is 0 Å². The lowest BCUT2D eigenvalue weighted by molar-refractivity contribution is 0.0697. The molecule has 0 radical (unpaired) electrons. The van der Waals surface area contributed by atoms with Crippen LogP contribution in [0.25, 0.3) is 0 Å². The van der Waals surface area contributed by atoms with E-state index in [4.69, 9.17) is 15.0 Å². The molecule has 0 aliphatic carbocycles. The predicted octanol–water partition coefficient (Wildman–Crippen LogP) is 3.45. The van der Waals surface area contributed by atoms with E-state index in [-0.39, 0.29) is 0 Å². The Morgan fingerprint density at radius 3 is 1.44 bits per heavy atom. The molecule has 18 heavy (non-hydrogen) atoms. The highest BCUT2D eigenvalue weighted by atomic mass is 16.7. The topological polar surface area (TPSA) is 71.4 Å². The first-order valence-electron chi connectivity index (χ1n) is 5.17. The Kier molecular flexibility index (Phi) is 8.37. The maximum Gasteiger partial charge on any atom is 0.335 e. The SMILES string of the molecule is Cc1ccccc1.O=C(O)c1ccccc1.O=O. The molecule has 1 N–H and O–H groups in total. The van der Waals surface area contributed by atoms with Gasteiger partial charge in [0.05, 0.1) is 5.56 Å². The Hall–Kier alpha value is -2.49. The molecule has 0 unspecified atom stereocenters. The monoisotopic (exact) mass is 246 g/mol. The normalized spacial score (nSPS) is 8.06. The summed E-state index contributed by atoms with van der Waals surface area (Å²) in [4.78, 5) is 24.2. The molecule has 0 saturated heterocycles. The zero-order chi connectivity index (χ0) is 13.8. The van der Waals surface area contributed by atoms with E-state index >= 15 is 0 Å². The Labute approximate surface area is 105 Å². The Bertz CT molecular complexity index is 440. The number of carbonyl (C=O) groups is 1. The summed E-state index contributed by atoms with van der Waals surface area (Å²) < 4.78 is 0. The molecular weight excluding hydrogens is 232 g/mol. The van der Waals surface area contributed by atoms with Gasteiger partial charge in [-0.05, 0) is 19.1 Å². The van der Waals surface area contributed by atoms with E-state index in [1.165, 1.54) is 5.56 Å². The number of aryl methyl sites for hydroxylation is 1. The van der Waals surface area contributed by atoms with Gasteiger partial charge in [0.25, 0.3) is 0 Å². The summed E-state index contributed by atoms with van der Waals surface area (Å²) in [5.41, 5.74) is 1.65. The molecule has 2 aromatic carbocycles. The summed E-state index contributed by atoms with van der Waals surface area (Å²) in [6.07, 6.45) is 0. The van der Waals surface area contributed by atoms with Crippen molar-refractivity contribution in [1.82, 2.24) is 0 Å². The highest BCUT2D eigenvalue weighted by Crippen LogP contribution is 1.96. The average Bonchev–Trinajstić information content (AvgIpc) is 2.43. The van der Waals surface area contributed by atoms with E-state index in [1.807, 2.05) is 18.2 Å². The number of carboxylic acids is 1. The standard InChI is InChI=1S/C7H6O2.C7H8.O2/c8-7(9)6-4-2-1-3-5-6;1-7-5-3-2-4-6-7;1-2/h1-5H,(H,8,9);2-6H,1H3;. The Morgan fingerprint density at radius 1 is 0.833 bits per heavy atom. The zero-order valence-electron chi connectivity index (χ0n) is 9.95. The first kappa shape index (κ1) is 15.5. The molecule has 2 rings (SSSR count). The van der Waals surface area contributed by atoms with Crippen LogP contribution in [0.15, 0.2) is 60.7 Å². The third-order valence-corrected chi connectivity index (χ3v) is 1.96. The first-order valence-corrected chi connectivity index (χ1v) is 5.17. The molecule has 0 fully saturated rings. The lowest BCUT2D eigenvalue weighted by Crippen LogP contribution is -1.93. The van der Waals surface area contributed by atoms with Gasteiger partial charge in [0, 0.05) is 9.93 Å². The molecule has 4 nitrogen and oxygen atoms in total. The maximum absolute atomic E-state index is 10.2. The minimum Gasteiger partial charge on any atom is -0.478 e. The molecule has 0 aliphatic heterocycles. The third kappa shape index (κ3) is 6.90. The van der Waals surface area contributed by atoms with Crippen LogP contribution in [0.4, 0.5) is 0 Å². The number of rotatable bonds is 1. The van der Waals surface area contributed by atoms with Crippen LogP contribution in [0, 0.1) is 16.9 Å². The molecule has 94 valence electrons. The highest BCUT2D eigenvalue weighted by molar-refractivity contribution is 5.87. The minimum absolute atomic E-state index is 0.331. The van der Waals surface area contributed by atoms with Crippen molar-refractivity contribution in [2.45, 2.75) is 6.92 Å². The van der Waals surface area contributed by atoms with E-state index in [1.54, 1.807) is 30.3 Å². The molecule has 0 aromatic heterocycles. The second kappa shape index (κ2) is 9.72. The fourth-order valence-corrected chi connectivity index (χ4v) is 1.12. The fourth-order valence-electron chi connectivity index (χ4n) is 1.12. The fraction of sp³-hybridized carbons (Fsp3) is 0.0714. The molecule has 0 aliphatic rings. The minimum atomic E-state index is -0.879. The third-order valence-electron chi connectivity index (χ3n) is 1.96. The van der Waals surface area contributed by atoms with Crippen molar-refractivity contribution < 1.29 is 9.90 Å². The lowest BCUT2D eigenvalue weighted by atomic mass is 10.2. The van der Waals surface area contributed by atoms with E-state index in [2.05, 4.69) is 19.1 Å². The van der Waals surface area contributed by atoms with Crippen LogP contribution in [0.1, 0.15) is 15.9 Å². The molecule has 0 amide bonds. The van der Waals surface area contributed by atoms with Crippen LogP contribution >= 0.6 is 0 Å². The summed E-state index contributed by atoms with van der Waals surface area (Å²) in [5.74, 6) is -0.879. The second-order valence-corrected chi connectivity index (χ2v) is 3.33. The second-order valence-electron chi connectivity index (χ2n) is 3.33. The largest absolute Gasteiger partial charge is 0.478 e. The molecule has 0 saturated carbocycles. The molecule has 0 spiro atoms. The van der Waals surface area contributed by atoms with Crippen LogP contribution in [0.3, 0.4) is 0 Å². The van der Waals surface area contributed by atoms with Crippen LogP contribution in [0.5, 0.6) is 0 Å². The van der Waals surface area contributed by atoms with Gasteiger partial charge in [0.2, 0.25) is 0 Å². The van der Waals surface area contributed by atoms with Crippen molar-refractivity contribution in [3.63, 3.8) is 0 Å².